The van der Waals surface area contributed by atoms with Gasteiger partial charge in [-0.05, 0) is 56.3 Å². The smallest absolute Gasteiger partial charge is 0.285 e. The maximum Gasteiger partial charge on any atom is 0.285 e. The van der Waals surface area contributed by atoms with Gasteiger partial charge in [-0.1, -0.05) is 42.5 Å². The largest absolute Gasteiger partial charge is 0.379 e. The number of carbonyl (C=O) groups excluding carboxylic acids is 3. The number of amides is 2. The van der Waals surface area contributed by atoms with E-state index < -0.39 is 23.5 Å². The number of hydrogen-bond donors (Lipinski definition) is 2. The Morgan fingerprint density at radius 2 is 1.77 bits per heavy atom. The van der Waals surface area contributed by atoms with E-state index in [1.165, 1.54) is 6.20 Å². The molecule has 184 valence electrons. The fourth-order valence-corrected chi connectivity index (χ4v) is 3.63. The van der Waals surface area contributed by atoms with E-state index in [4.69, 9.17) is 10.6 Å². The topological polar surface area (TPSA) is 115 Å². The second-order valence-corrected chi connectivity index (χ2v) is 8.12. The van der Waals surface area contributed by atoms with Gasteiger partial charge in [0.2, 0.25) is 5.78 Å². The molecule has 3 rings (SSSR count). The van der Waals surface area contributed by atoms with Crippen LogP contribution < -0.4 is 16.1 Å². The van der Waals surface area contributed by atoms with Gasteiger partial charge in [0.1, 0.15) is 0 Å². The molecule has 3 N–H and O–H groups in total. The summed E-state index contributed by atoms with van der Waals surface area (Å²) in [6.07, 6.45) is 3.84. The quantitative estimate of drug-likeness (QED) is 0.311. The third kappa shape index (κ3) is 7.63. The number of hydrogen-bond acceptors (Lipinski definition) is 6. The van der Waals surface area contributed by atoms with Crippen molar-refractivity contribution in [1.29, 1.82) is 0 Å². The lowest BCUT2D eigenvalue weighted by Gasteiger charge is -2.22. The summed E-state index contributed by atoms with van der Waals surface area (Å²) in [6, 6.07) is 18.0. The van der Waals surface area contributed by atoms with E-state index in [1.807, 2.05) is 49.3 Å². The minimum Gasteiger partial charge on any atom is -0.379 e. The first-order chi connectivity index (χ1) is 16.4. The van der Waals surface area contributed by atoms with Crippen LogP contribution in [0, 0.1) is 0 Å². The molecule has 0 saturated carbocycles. The number of ketones is 1. The van der Waals surface area contributed by atoms with Crippen LogP contribution in [-0.2, 0) is 22.4 Å². The number of primary amides is 1. The molecular weight excluding hydrogens is 468 g/mol. The van der Waals surface area contributed by atoms with Crippen LogP contribution in [0.1, 0.15) is 33.0 Å². The molecule has 9 heteroatoms. The van der Waals surface area contributed by atoms with Crippen LogP contribution in [0.5, 0.6) is 5.75 Å². The highest BCUT2D eigenvalue weighted by Gasteiger charge is 2.29. The summed E-state index contributed by atoms with van der Waals surface area (Å²) in [6.45, 7) is 0.659. The molecule has 0 radical (unpaired) electrons. The van der Waals surface area contributed by atoms with Crippen LogP contribution in [0.15, 0.2) is 73.1 Å². The van der Waals surface area contributed by atoms with Crippen molar-refractivity contribution in [1.82, 2.24) is 15.4 Å². The van der Waals surface area contributed by atoms with Crippen molar-refractivity contribution >= 4 is 30.0 Å². The molecule has 1 unspecified atom stereocenters. The molecule has 1 aromatic heterocycles. The van der Waals surface area contributed by atoms with Crippen LogP contribution in [0.25, 0.3) is 0 Å². The normalized spacial score (nSPS) is 11.3. The van der Waals surface area contributed by atoms with Gasteiger partial charge in [0.25, 0.3) is 11.8 Å². The summed E-state index contributed by atoms with van der Waals surface area (Å²) in [4.78, 5) is 48.9. The summed E-state index contributed by atoms with van der Waals surface area (Å²) in [5.74, 6) is -2.50. The minimum absolute atomic E-state index is 0. The first kappa shape index (κ1) is 27.5. The third-order valence-corrected chi connectivity index (χ3v) is 5.37. The zero-order chi connectivity index (χ0) is 24.5. The fraction of sp³-hybridized carbons (Fsp3) is 0.231. The van der Waals surface area contributed by atoms with Gasteiger partial charge >= 0.3 is 0 Å². The highest BCUT2D eigenvalue weighted by molar-refractivity contribution is 6.37. The molecule has 8 nitrogen and oxygen atoms in total. The van der Waals surface area contributed by atoms with E-state index in [-0.39, 0.29) is 12.4 Å². The van der Waals surface area contributed by atoms with Gasteiger partial charge in [-0.15, -0.1) is 12.4 Å². The molecule has 0 aliphatic heterocycles. The second kappa shape index (κ2) is 13.2. The number of hydroxylamine groups is 1. The van der Waals surface area contributed by atoms with Crippen LogP contribution >= 0.6 is 12.4 Å². The van der Waals surface area contributed by atoms with Gasteiger partial charge in [-0.25, -0.2) is 0 Å². The van der Waals surface area contributed by atoms with Gasteiger partial charge in [-0.2, -0.15) is 5.48 Å². The van der Waals surface area contributed by atoms with E-state index in [2.05, 4.69) is 10.5 Å². The molecule has 0 aliphatic rings. The monoisotopic (exact) mass is 496 g/mol. The van der Waals surface area contributed by atoms with Crippen LogP contribution in [0.4, 0.5) is 0 Å². The Labute approximate surface area is 210 Å². The van der Waals surface area contributed by atoms with Gasteiger partial charge in [-0.3, -0.25) is 19.4 Å². The van der Waals surface area contributed by atoms with Gasteiger partial charge < -0.3 is 15.5 Å². The number of carbonyl (C=O) groups is 3. The van der Waals surface area contributed by atoms with Crippen molar-refractivity contribution in [2.75, 3.05) is 20.6 Å². The van der Waals surface area contributed by atoms with E-state index in [0.717, 1.165) is 11.1 Å². The van der Waals surface area contributed by atoms with Crippen LogP contribution in [0.2, 0.25) is 0 Å². The molecule has 0 aliphatic carbocycles. The summed E-state index contributed by atoms with van der Waals surface area (Å²) in [5.41, 5.74) is 10.5. The first-order valence-corrected chi connectivity index (χ1v) is 10.9. The van der Waals surface area contributed by atoms with Gasteiger partial charge in [0.15, 0.2) is 5.75 Å². The highest BCUT2D eigenvalue weighted by atomic mass is 35.5. The summed E-state index contributed by atoms with van der Waals surface area (Å²) in [5, 5.41) is 0. The third-order valence-electron chi connectivity index (χ3n) is 5.37. The number of likely N-dealkylation sites (N-methyl/N-ethyl adjacent to an activating group) is 1. The standard InChI is InChI=1S/C26H28N4O4.ClH/c1-30(2)15-13-21-20(22(24(31)25(27)32)16-18-8-4-3-5-9-18)11-6-12-23(21)34-29-26(33)19-10-7-14-28-17-19;/h3-12,14,17,22H,13,15-16H2,1-2H3,(H2,27,32)(H,29,33);1H. The number of Topliss-reactive ketones (excluding diaryl/α,β-unsaturated/α-hetero) is 1. The molecule has 0 fully saturated rings. The summed E-state index contributed by atoms with van der Waals surface area (Å²) >= 11 is 0. The Balaban J connectivity index is 0.00000432. The Hall–Kier alpha value is -3.75. The van der Waals surface area contributed by atoms with E-state index in [0.29, 0.717) is 36.3 Å². The molecule has 2 amide bonds. The zero-order valence-electron chi connectivity index (χ0n) is 19.6. The molecule has 0 spiro atoms. The van der Waals surface area contributed by atoms with Crippen molar-refractivity contribution in [3.63, 3.8) is 0 Å². The SMILES string of the molecule is CN(C)CCc1c(ONC(=O)c2cccnc2)cccc1C(Cc1ccccc1)C(=O)C(N)=O.Cl. The molecule has 3 aromatic rings. The van der Waals surface area contributed by atoms with E-state index in [9.17, 15) is 14.4 Å². The summed E-state index contributed by atoms with van der Waals surface area (Å²) < 4.78 is 0. The van der Waals surface area contributed by atoms with Gasteiger partial charge in [0.05, 0.1) is 11.5 Å². The van der Waals surface area contributed by atoms with Crippen molar-refractivity contribution < 1.29 is 19.2 Å². The number of benzene rings is 2. The predicted molar refractivity (Wildman–Crippen MR) is 135 cm³/mol. The average molecular weight is 497 g/mol. The minimum atomic E-state index is -0.990. The van der Waals surface area contributed by atoms with Crippen LogP contribution in [-0.4, -0.2) is 48.1 Å². The van der Waals surface area contributed by atoms with E-state index >= 15 is 0 Å². The Morgan fingerprint density at radius 1 is 1.03 bits per heavy atom. The second-order valence-electron chi connectivity index (χ2n) is 8.12. The molecule has 1 atom stereocenters. The maximum atomic E-state index is 12.9. The summed E-state index contributed by atoms with van der Waals surface area (Å²) in [7, 11) is 3.87. The van der Waals surface area contributed by atoms with Crippen molar-refractivity contribution in [3.05, 3.63) is 95.3 Å². The van der Waals surface area contributed by atoms with Crippen molar-refractivity contribution in [2.24, 2.45) is 5.73 Å². The molecule has 35 heavy (non-hydrogen) atoms. The molecule has 2 aromatic carbocycles. The lowest BCUT2D eigenvalue weighted by molar-refractivity contribution is -0.136. The average Bonchev–Trinajstić information content (AvgIpc) is 2.85. The number of nitrogens with zero attached hydrogens (tertiary/aromatic N) is 2. The zero-order valence-corrected chi connectivity index (χ0v) is 20.5. The number of aromatic nitrogens is 1. The molecular formula is C26H29ClN4O4. The van der Waals surface area contributed by atoms with E-state index in [1.54, 1.807) is 36.5 Å². The molecule has 0 bridgehead atoms. The number of halogens is 1. The van der Waals surface area contributed by atoms with Crippen LogP contribution in [0.3, 0.4) is 0 Å². The fourth-order valence-electron chi connectivity index (χ4n) is 3.63. The molecule has 0 saturated heterocycles. The Kier molecular flexibility index (Phi) is 10.4. The number of nitrogens with one attached hydrogen (secondary N) is 1. The lowest BCUT2D eigenvalue weighted by atomic mass is 9.84. The first-order valence-electron chi connectivity index (χ1n) is 10.9. The Morgan fingerprint density at radius 3 is 2.40 bits per heavy atom. The number of rotatable bonds is 11. The molecule has 1 heterocycles. The number of nitrogens with two attached hydrogens (primary N) is 1. The van der Waals surface area contributed by atoms with Crippen molar-refractivity contribution in [2.45, 2.75) is 18.8 Å². The van der Waals surface area contributed by atoms with Gasteiger partial charge in [0, 0.05) is 24.5 Å². The Bertz CT molecular complexity index is 1140. The highest BCUT2D eigenvalue weighted by Crippen LogP contribution is 2.32. The maximum absolute atomic E-state index is 12.9. The number of pyridine rings is 1. The van der Waals surface area contributed by atoms with Crippen molar-refractivity contribution in [3.8, 4) is 5.75 Å². The lowest BCUT2D eigenvalue weighted by Crippen LogP contribution is -2.31. The predicted octanol–water partition coefficient (Wildman–Crippen LogP) is 2.71.